The fraction of sp³-hybridized carbons (Fsp3) is 0.0909. The summed E-state index contributed by atoms with van der Waals surface area (Å²) in [6, 6.07) is 19.0. The number of nitrogens with two attached hydrogens (primary N) is 1. The number of ether oxygens (including phenoxy) is 2. The second-order valence-electron chi connectivity index (χ2n) is 6.00. The van der Waals surface area contributed by atoms with E-state index in [0.717, 1.165) is 16.3 Å². The number of fused-ring (bicyclic) bond motifs is 1. The standard InChI is InChI=1S/C22H17ClN2O3/c1-27-20-11-14(9-17(12-24)22(25)26)10-19(23)21(20)28-13-16-7-4-6-15-5-2-3-8-18(15)16/h2-11H,13H2,1H3,(H2,25,26)/b17-9+. The molecule has 3 aromatic rings. The maximum Gasteiger partial charge on any atom is 0.259 e. The van der Waals surface area contributed by atoms with E-state index in [-0.39, 0.29) is 5.57 Å². The Morgan fingerprint density at radius 3 is 2.68 bits per heavy atom. The Bertz CT molecular complexity index is 1110. The summed E-state index contributed by atoms with van der Waals surface area (Å²) in [5, 5.41) is 11.5. The summed E-state index contributed by atoms with van der Waals surface area (Å²) in [4.78, 5) is 11.3. The van der Waals surface area contributed by atoms with Crippen LogP contribution >= 0.6 is 11.6 Å². The Hall–Kier alpha value is -3.49. The molecule has 0 spiro atoms. The maximum atomic E-state index is 11.3. The molecule has 3 aromatic carbocycles. The number of carbonyl (C=O) groups excluding carboxylic acids is 1. The lowest BCUT2D eigenvalue weighted by molar-refractivity contribution is -0.114. The highest BCUT2D eigenvalue weighted by atomic mass is 35.5. The molecule has 3 rings (SSSR count). The van der Waals surface area contributed by atoms with E-state index in [9.17, 15) is 4.79 Å². The molecule has 0 aliphatic rings. The van der Waals surface area contributed by atoms with Gasteiger partial charge in [0.2, 0.25) is 0 Å². The first-order valence-corrected chi connectivity index (χ1v) is 8.80. The summed E-state index contributed by atoms with van der Waals surface area (Å²) in [6.45, 7) is 0.303. The zero-order valence-corrected chi connectivity index (χ0v) is 15.9. The van der Waals surface area contributed by atoms with Gasteiger partial charge in [0.1, 0.15) is 18.2 Å². The molecule has 0 radical (unpaired) electrons. The third kappa shape index (κ3) is 4.08. The summed E-state index contributed by atoms with van der Waals surface area (Å²) in [6.07, 6.45) is 1.35. The number of nitrogens with zero attached hydrogens (tertiary/aromatic N) is 1. The van der Waals surface area contributed by atoms with Gasteiger partial charge in [-0.2, -0.15) is 5.26 Å². The second-order valence-corrected chi connectivity index (χ2v) is 6.40. The number of carbonyl (C=O) groups is 1. The van der Waals surface area contributed by atoms with Crippen LogP contribution < -0.4 is 15.2 Å². The van der Waals surface area contributed by atoms with Crippen molar-refractivity contribution < 1.29 is 14.3 Å². The smallest absolute Gasteiger partial charge is 0.259 e. The van der Waals surface area contributed by atoms with E-state index in [4.69, 9.17) is 32.1 Å². The van der Waals surface area contributed by atoms with Crippen LogP contribution in [0.25, 0.3) is 16.8 Å². The van der Waals surface area contributed by atoms with Gasteiger partial charge in [-0.25, -0.2) is 0 Å². The minimum Gasteiger partial charge on any atom is -0.493 e. The van der Waals surface area contributed by atoms with Crippen molar-refractivity contribution in [1.29, 1.82) is 5.26 Å². The van der Waals surface area contributed by atoms with Crippen molar-refractivity contribution in [2.24, 2.45) is 5.73 Å². The highest BCUT2D eigenvalue weighted by molar-refractivity contribution is 6.32. The van der Waals surface area contributed by atoms with Gasteiger partial charge in [-0.1, -0.05) is 54.1 Å². The lowest BCUT2D eigenvalue weighted by atomic mass is 10.1. The number of nitriles is 1. The number of hydrogen-bond acceptors (Lipinski definition) is 4. The molecule has 140 valence electrons. The third-order valence-electron chi connectivity index (χ3n) is 4.20. The highest BCUT2D eigenvalue weighted by Gasteiger charge is 2.14. The molecule has 0 unspecified atom stereocenters. The van der Waals surface area contributed by atoms with Gasteiger partial charge in [-0.3, -0.25) is 4.79 Å². The molecular weight excluding hydrogens is 376 g/mol. The zero-order valence-electron chi connectivity index (χ0n) is 15.1. The average Bonchev–Trinajstić information content (AvgIpc) is 2.70. The van der Waals surface area contributed by atoms with E-state index < -0.39 is 5.91 Å². The predicted octanol–water partition coefficient (Wildman–Crippen LogP) is 4.47. The largest absolute Gasteiger partial charge is 0.493 e. The average molecular weight is 393 g/mol. The lowest BCUT2D eigenvalue weighted by Gasteiger charge is -2.14. The highest BCUT2D eigenvalue weighted by Crippen LogP contribution is 2.38. The Kier molecular flexibility index (Phi) is 5.83. The summed E-state index contributed by atoms with van der Waals surface area (Å²) in [5.74, 6) is -0.0403. The summed E-state index contributed by atoms with van der Waals surface area (Å²) < 4.78 is 11.3. The van der Waals surface area contributed by atoms with Crippen molar-refractivity contribution in [3.05, 3.63) is 76.3 Å². The SMILES string of the molecule is COc1cc(/C=C(\C#N)C(N)=O)cc(Cl)c1OCc1cccc2ccccc12. The summed E-state index contributed by atoms with van der Waals surface area (Å²) in [7, 11) is 1.49. The van der Waals surface area contributed by atoms with Crippen LogP contribution in [0.3, 0.4) is 0 Å². The molecule has 1 amide bonds. The van der Waals surface area contributed by atoms with E-state index in [1.54, 1.807) is 18.2 Å². The van der Waals surface area contributed by atoms with Gasteiger partial charge in [0, 0.05) is 0 Å². The van der Waals surface area contributed by atoms with Crippen LogP contribution in [0.5, 0.6) is 11.5 Å². The molecule has 0 heterocycles. The van der Waals surface area contributed by atoms with Crippen LogP contribution in [0, 0.1) is 11.3 Å². The van der Waals surface area contributed by atoms with Gasteiger partial charge >= 0.3 is 0 Å². The van der Waals surface area contributed by atoms with Crippen molar-refractivity contribution >= 4 is 34.4 Å². The van der Waals surface area contributed by atoms with E-state index in [1.165, 1.54) is 13.2 Å². The van der Waals surface area contributed by atoms with Gasteiger partial charge in [0.25, 0.3) is 5.91 Å². The van der Waals surface area contributed by atoms with E-state index in [0.29, 0.717) is 28.7 Å². The monoisotopic (exact) mass is 392 g/mol. The maximum absolute atomic E-state index is 11.3. The minimum atomic E-state index is -0.811. The van der Waals surface area contributed by atoms with Gasteiger partial charge in [-0.05, 0) is 40.1 Å². The van der Waals surface area contributed by atoms with E-state index >= 15 is 0 Å². The Morgan fingerprint density at radius 2 is 1.96 bits per heavy atom. The van der Waals surface area contributed by atoms with Gasteiger partial charge in [0.15, 0.2) is 11.5 Å². The van der Waals surface area contributed by atoms with Crippen molar-refractivity contribution in [2.45, 2.75) is 6.61 Å². The van der Waals surface area contributed by atoms with Crippen LogP contribution in [0.1, 0.15) is 11.1 Å². The van der Waals surface area contributed by atoms with Gasteiger partial charge < -0.3 is 15.2 Å². The molecule has 0 saturated carbocycles. The molecule has 0 atom stereocenters. The van der Waals surface area contributed by atoms with Crippen molar-refractivity contribution in [1.82, 2.24) is 0 Å². The van der Waals surface area contributed by atoms with Crippen molar-refractivity contribution in [3.8, 4) is 17.6 Å². The fourth-order valence-electron chi connectivity index (χ4n) is 2.86. The molecule has 2 N–H and O–H groups in total. The number of methoxy groups -OCH3 is 1. The van der Waals surface area contributed by atoms with E-state index in [1.807, 2.05) is 42.5 Å². The van der Waals surface area contributed by atoms with Crippen molar-refractivity contribution in [2.75, 3.05) is 7.11 Å². The first-order valence-electron chi connectivity index (χ1n) is 8.42. The molecule has 0 saturated heterocycles. The number of benzene rings is 3. The predicted molar refractivity (Wildman–Crippen MR) is 109 cm³/mol. The molecule has 0 aliphatic heterocycles. The number of amides is 1. The molecule has 0 aliphatic carbocycles. The molecule has 6 heteroatoms. The first-order chi connectivity index (χ1) is 13.5. The number of primary amides is 1. The zero-order chi connectivity index (χ0) is 20.1. The Morgan fingerprint density at radius 1 is 1.21 bits per heavy atom. The minimum absolute atomic E-state index is 0.178. The molecular formula is C22H17ClN2O3. The molecule has 5 nitrogen and oxygen atoms in total. The molecule has 0 bridgehead atoms. The Balaban J connectivity index is 1.92. The van der Waals surface area contributed by atoms with Crippen LogP contribution in [-0.4, -0.2) is 13.0 Å². The van der Waals surface area contributed by atoms with Crippen LogP contribution in [0.15, 0.2) is 60.2 Å². The summed E-state index contributed by atoms with van der Waals surface area (Å²) in [5.41, 5.74) is 6.52. The number of halogens is 1. The topological polar surface area (TPSA) is 85.3 Å². The van der Waals surface area contributed by atoms with Crippen LogP contribution in [0.4, 0.5) is 0 Å². The molecule has 0 fully saturated rings. The van der Waals surface area contributed by atoms with Crippen LogP contribution in [0.2, 0.25) is 5.02 Å². The Labute approximate surface area is 167 Å². The number of rotatable bonds is 6. The van der Waals surface area contributed by atoms with Crippen LogP contribution in [-0.2, 0) is 11.4 Å². The fourth-order valence-corrected chi connectivity index (χ4v) is 3.13. The molecule has 0 aromatic heterocycles. The number of hydrogen-bond donors (Lipinski definition) is 1. The lowest BCUT2D eigenvalue weighted by Crippen LogP contribution is -2.12. The van der Waals surface area contributed by atoms with E-state index in [2.05, 4.69) is 0 Å². The second kappa shape index (κ2) is 8.47. The quantitative estimate of drug-likeness (QED) is 0.495. The normalized spacial score (nSPS) is 11.1. The summed E-state index contributed by atoms with van der Waals surface area (Å²) >= 11 is 6.37. The van der Waals surface area contributed by atoms with Crippen molar-refractivity contribution in [3.63, 3.8) is 0 Å². The van der Waals surface area contributed by atoms with Gasteiger partial charge in [-0.15, -0.1) is 0 Å². The van der Waals surface area contributed by atoms with Gasteiger partial charge in [0.05, 0.1) is 12.1 Å². The first kappa shape index (κ1) is 19.3. The molecule has 28 heavy (non-hydrogen) atoms. The third-order valence-corrected chi connectivity index (χ3v) is 4.48.